The molecule has 0 aromatic heterocycles. The molecule has 0 aromatic rings. The summed E-state index contributed by atoms with van der Waals surface area (Å²) in [5, 5.41) is 3.55. The first kappa shape index (κ1) is 7.43. The van der Waals surface area contributed by atoms with Gasteiger partial charge in [0.05, 0.1) is 6.21 Å². The number of oxime groups is 1. The van der Waals surface area contributed by atoms with Crippen LogP contribution in [0.3, 0.4) is 0 Å². The van der Waals surface area contributed by atoms with Gasteiger partial charge in [0.1, 0.15) is 7.11 Å². The third-order valence-electron chi connectivity index (χ3n) is 0.627. The number of hydrogen-bond donors (Lipinski definition) is 0. The lowest BCUT2D eigenvalue weighted by atomic mass is 10.7. The quantitative estimate of drug-likeness (QED) is 0.388. The Morgan fingerprint density at radius 1 is 1.62 bits per heavy atom. The van der Waals surface area contributed by atoms with Crippen LogP contribution in [0.5, 0.6) is 0 Å². The standard InChI is InChI=1S/C5H12N2O/c1-7(2)5-4-6-8-3/h4H,5H2,1-3H3. The highest BCUT2D eigenvalue weighted by atomic mass is 16.6. The van der Waals surface area contributed by atoms with Crippen molar-refractivity contribution in [1.82, 2.24) is 4.90 Å². The predicted octanol–water partition coefficient (Wildman–Crippen LogP) is 0.180. The maximum absolute atomic E-state index is 4.43. The summed E-state index contributed by atoms with van der Waals surface area (Å²) in [5.41, 5.74) is 0. The molecular weight excluding hydrogens is 104 g/mol. The van der Waals surface area contributed by atoms with Crippen molar-refractivity contribution in [3.05, 3.63) is 0 Å². The van der Waals surface area contributed by atoms with Gasteiger partial charge in [-0.3, -0.25) is 0 Å². The molecule has 0 spiro atoms. The van der Waals surface area contributed by atoms with Crippen LogP contribution in [-0.4, -0.2) is 38.9 Å². The van der Waals surface area contributed by atoms with Gasteiger partial charge in [0.2, 0.25) is 0 Å². The van der Waals surface area contributed by atoms with E-state index in [2.05, 4.69) is 9.99 Å². The Morgan fingerprint density at radius 2 is 2.25 bits per heavy atom. The van der Waals surface area contributed by atoms with Crippen LogP contribution in [-0.2, 0) is 4.84 Å². The van der Waals surface area contributed by atoms with Gasteiger partial charge in [0.15, 0.2) is 0 Å². The van der Waals surface area contributed by atoms with Crippen LogP contribution in [0.25, 0.3) is 0 Å². The van der Waals surface area contributed by atoms with Crippen molar-refractivity contribution in [3.63, 3.8) is 0 Å². The second kappa shape index (κ2) is 4.59. The van der Waals surface area contributed by atoms with Crippen molar-refractivity contribution in [2.45, 2.75) is 0 Å². The number of rotatable bonds is 3. The zero-order chi connectivity index (χ0) is 6.41. The van der Waals surface area contributed by atoms with E-state index in [0.29, 0.717) is 0 Å². The highest BCUT2D eigenvalue weighted by Gasteiger charge is 1.80. The molecule has 8 heavy (non-hydrogen) atoms. The summed E-state index contributed by atoms with van der Waals surface area (Å²) in [6.45, 7) is 0.827. The summed E-state index contributed by atoms with van der Waals surface area (Å²) in [6, 6.07) is 0. The van der Waals surface area contributed by atoms with Gasteiger partial charge in [-0.1, -0.05) is 5.16 Å². The number of nitrogens with zero attached hydrogens (tertiary/aromatic N) is 2. The zero-order valence-corrected chi connectivity index (χ0v) is 5.59. The van der Waals surface area contributed by atoms with Crippen LogP contribution in [0.4, 0.5) is 0 Å². The van der Waals surface area contributed by atoms with Gasteiger partial charge in [-0.15, -0.1) is 0 Å². The summed E-state index contributed by atoms with van der Waals surface area (Å²) in [4.78, 5) is 6.44. The Labute approximate surface area is 49.9 Å². The van der Waals surface area contributed by atoms with E-state index >= 15 is 0 Å². The van der Waals surface area contributed by atoms with Gasteiger partial charge in [-0.05, 0) is 14.1 Å². The molecule has 0 aliphatic carbocycles. The maximum atomic E-state index is 4.43. The normalized spacial score (nSPS) is 11.0. The predicted molar refractivity (Wildman–Crippen MR) is 34.1 cm³/mol. The molecule has 0 saturated heterocycles. The molecule has 0 amide bonds. The van der Waals surface area contributed by atoms with E-state index in [0.717, 1.165) is 6.54 Å². The Hall–Kier alpha value is -0.570. The summed E-state index contributed by atoms with van der Waals surface area (Å²) in [6.07, 6.45) is 1.71. The Morgan fingerprint density at radius 3 is 2.62 bits per heavy atom. The minimum atomic E-state index is 0.827. The van der Waals surface area contributed by atoms with Crippen LogP contribution in [0.15, 0.2) is 5.16 Å². The first-order valence-electron chi connectivity index (χ1n) is 2.47. The molecule has 3 heteroatoms. The van der Waals surface area contributed by atoms with Crippen LogP contribution in [0.1, 0.15) is 0 Å². The van der Waals surface area contributed by atoms with Crippen molar-refractivity contribution < 1.29 is 4.84 Å². The molecule has 0 radical (unpaired) electrons. The van der Waals surface area contributed by atoms with E-state index in [1.54, 1.807) is 6.21 Å². The third kappa shape index (κ3) is 5.43. The Bertz CT molecular complexity index is 70.8. The second-order valence-electron chi connectivity index (χ2n) is 1.73. The SMILES string of the molecule is CON=CCN(C)C. The van der Waals surface area contributed by atoms with Crippen LogP contribution < -0.4 is 0 Å². The van der Waals surface area contributed by atoms with Crippen molar-refractivity contribution in [2.75, 3.05) is 27.7 Å². The molecular formula is C5H12N2O. The minimum absolute atomic E-state index is 0.827. The average Bonchev–Trinajstić information content (AvgIpc) is 1.66. The van der Waals surface area contributed by atoms with Crippen LogP contribution in [0.2, 0.25) is 0 Å². The summed E-state index contributed by atoms with van der Waals surface area (Å²) >= 11 is 0. The van der Waals surface area contributed by atoms with E-state index in [1.807, 2.05) is 19.0 Å². The number of hydrogen-bond acceptors (Lipinski definition) is 3. The van der Waals surface area contributed by atoms with Gasteiger partial charge >= 0.3 is 0 Å². The largest absolute Gasteiger partial charge is 0.399 e. The molecule has 0 fully saturated rings. The van der Waals surface area contributed by atoms with Gasteiger partial charge in [0, 0.05) is 6.54 Å². The fourth-order valence-electron chi connectivity index (χ4n) is 0.271. The molecule has 3 nitrogen and oxygen atoms in total. The monoisotopic (exact) mass is 116 g/mol. The van der Waals surface area contributed by atoms with E-state index in [-0.39, 0.29) is 0 Å². The Kier molecular flexibility index (Phi) is 4.26. The van der Waals surface area contributed by atoms with Crippen molar-refractivity contribution >= 4 is 6.21 Å². The van der Waals surface area contributed by atoms with Crippen molar-refractivity contribution in [1.29, 1.82) is 0 Å². The first-order chi connectivity index (χ1) is 3.77. The molecule has 48 valence electrons. The van der Waals surface area contributed by atoms with Crippen molar-refractivity contribution in [3.8, 4) is 0 Å². The van der Waals surface area contributed by atoms with E-state index in [9.17, 15) is 0 Å². The highest BCUT2D eigenvalue weighted by Crippen LogP contribution is 1.69. The second-order valence-corrected chi connectivity index (χ2v) is 1.73. The van der Waals surface area contributed by atoms with Crippen LogP contribution in [0, 0.1) is 0 Å². The molecule has 0 aromatic carbocycles. The minimum Gasteiger partial charge on any atom is -0.399 e. The highest BCUT2D eigenvalue weighted by molar-refractivity contribution is 5.58. The van der Waals surface area contributed by atoms with Gasteiger partial charge < -0.3 is 9.74 Å². The average molecular weight is 116 g/mol. The van der Waals surface area contributed by atoms with Gasteiger partial charge in [-0.2, -0.15) is 0 Å². The van der Waals surface area contributed by atoms with Crippen LogP contribution >= 0.6 is 0 Å². The lowest BCUT2D eigenvalue weighted by Gasteiger charge is -2.01. The molecule has 0 atom stereocenters. The molecule has 0 unspecified atom stereocenters. The van der Waals surface area contributed by atoms with Crippen molar-refractivity contribution in [2.24, 2.45) is 5.16 Å². The molecule has 0 rings (SSSR count). The smallest absolute Gasteiger partial charge is 0.106 e. The fraction of sp³-hybridized carbons (Fsp3) is 0.800. The van der Waals surface area contributed by atoms with Gasteiger partial charge in [0.25, 0.3) is 0 Å². The molecule has 0 heterocycles. The lowest BCUT2D eigenvalue weighted by molar-refractivity contribution is 0.213. The topological polar surface area (TPSA) is 24.8 Å². The van der Waals surface area contributed by atoms with E-state index in [1.165, 1.54) is 7.11 Å². The van der Waals surface area contributed by atoms with E-state index in [4.69, 9.17) is 0 Å². The zero-order valence-electron chi connectivity index (χ0n) is 5.59. The summed E-state index contributed by atoms with van der Waals surface area (Å²) in [7, 11) is 5.48. The third-order valence-corrected chi connectivity index (χ3v) is 0.627. The molecule has 0 saturated carbocycles. The molecule has 0 bridgehead atoms. The molecule has 0 aliphatic heterocycles. The van der Waals surface area contributed by atoms with E-state index < -0.39 is 0 Å². The first-order valence-corrected chi connectivity index (χ1v) is 2.47. The fourth-order valence-corrected chi connectivity index (χ4v) is 0.271. The molecule has 0 aliphatic rings. The summed E-state index contributed by atoms with van der Waals surface area (Å²) < 4.78 is 0. The Balaban J connectivity index is 3.03. The summed E-state index contributed by atoms with van der Waals surface area (Å²) in [5.74, 6) is 0. The molecule has 0 N–H and O–H groups in total. The lowest BCUT2D eigenvalue weighted by Crippen LogP contribution is -2.13. The maximum Gasteiger partial charge on any atom is 0.106 e. The van der Waals surface area contributed by atoms with Gasteiger partial charge in [-0.25, -0.2) is 0 Å².